The molecule has 0 bridgehead atoms. The van der Waals surface area contributed by atoms with Gasteiger partial charge in [0.2, 0.25) is 0 Å². The fourth-order valence-corrected chi connectivity index (χ4v) is 4.67. The van der Waals surface area contributed by atoms with Gasteiger partial charge >= 0.3 is 5.97 Å². The van der Waals surface area contributed by atoms with Crippen LogP contribution in [0.15, 0.2) is 45.8 Å². The molecule has 2 aromatic rings. The lowest BCUT2D eigenvalue weighted by Gasteiger charge is -2.13. The van der Waals surface area contributed by atoms with Gasteiger partial charge in [0.05, 0.1) is 21.5 Å². The van der Waals surface area contributed by atoms with Gasteiger partial charge in [-0.15, -0.1) is 0 Å². The van der Waals surface area contributed by atoms with Gasteiger partial charge in [-0.2, -0.15) is 0 Å². The van der Waals surface area contributed by atoms with Crippen molar-refractivity contribution in [1.29, 1.82) is 0 Å². The molecule has 9 heteroatoms. The van der Waals surface area contributed by atoms with Gasteiger partial charge < -0.3 is 20.1 Å². The molecule has 3 rings (SSSR count). The van der Waals surface area contributed by atoms with E-state index in [9.17, 15) is 9.59 Å². The summed E-state index contributed by atoms with van der Waals surface area (Å²) in [5, 5.41) is 6.51. The Balaban J connectivity index is 1.70. The molecule has 0 aromatic heterocycles. The molecule has 1 aliphatic heterocycles. The summed E-state index contributed by atoms with van der Waals surface area (Å²) in [7, 11) is 1.28. The smallest absolute Gasteiger partial charge is 0.343 e. The molecule has 0 radical (unpaired) electrons. The third-order valence-electron chi connectivity index (χ3n) is 4.27. The number of anilines is 1. The summed E-state index contributed by atoms with van der Waals surface area (Å²) in [5.41, 5.74) is 2.65. The van der Waals surface area contributed by atoms with Crippen molar-refractivity contribution in [2.45, 2.75) is 18.8 Å². The molecule has 1 amide bonds. The van der Waals surface area contributed by atoms with Crippen LogP contribution in [0.5, 0.6) is 5.75 Å². The van der Waals surface area contributed by atoms with Crippen LogP contribution in [-0.4, -0.2) is 31.1 Å². The molecule has 1 heterocycles. The van der Waals surface area contributed by atoms with Crippen molar-refractivity contribution in [2.75, 3.05) is 19.0 Å². The fraction of sp³-hybridized carbons (Fsp3) is 0.238. The summed E-state index contributed by atoms with van der Waals surface area (Å²) in [4.78, 5) is 24.2. The van der Waals surface area contributed by atoms with Crippen molar-refractivity contribution >= 4 is 62.9 Å². The predicted molar refractivity (Wildman–Crippen MR) is 124 cm³/mol. The third-order valence-corrected chi connectivity index (χ3v) is 6.17. The van der Waals surface area contributed by atoms with E-state index in [-0.39, 0.29) is 18.0 Å². The Bertz CT molecular complexity index is 958. The highest BCUT2D eigenvalue weighted by atomic mass is 79.9. The first-order valence-corrected chi connectivity index (χ1v) is 11.2. The van der Waals surface area contributed by atoms with Crippen LogP contribution < -0.4 is 15.4 Å². The normalized spacial score (nSPS) is 17.0. The molecular weight excluding hydrogens is 492 g/mol. The van der Waals surface area contributed by atoms with E-state index in [1.807, 2.05) is 12.1 Å². The minimum Gasteiger partial charge on any atom is -0.479 e. The maximum Gasteiger partial charge on any atom is 0.343 e. The summed E-state index contributed by atoms with van der Waals surface area (Å²) >= 11 is 11.1. The van der Waals surface area contributed by atoms with Crippen molar-refractivity contribution in [3.05, 3.63) is 61.9 Å². The van der Waals surface area contributed by atoms with Crippen molar-refractivity contribution in [1.82, 2.24) is 5.32 Å². The van der Waals surface area contributed by atoms with E-state index >= 15 is 0 Å². The standard InChI is InChI=1S/C21H20BrClN2O4S/c1-3-12-4-6-14(7-5-12)24-21-25-20(27)17(30-21)10-13-8-15(22)19(16(23)9-13)29-11-18(26)28-2/h4-10,21,24H,3,11H2,1-2H3,(H,25,27)/b17-10-. The monoisotopic (exact) mass is 510 g/mol. The molecule has 0 saturated carbocycles. The maximum atomic E-state index is 12.4. The first-order chi connectivity index (χ1) is 14.4. The summed E-state index contributed by atoms with van der Waals surface area (Å²) in [6.45, 7) is 1.86. The molecule has 1 unspecified atom stereocenters. The van der Waals surface area contributed by atoms with Crippen LogP contribution in [0.25, 0.3) is 6.08 Å². The van der Waals surface area contributed by atoms with Gasteiger partial charge in [-0.3, -0.25) is 4.79 Å². The van der Waals surface area contributed by atoms with Crippen LogP contribution in [-0.2, 0) is 20.7 Å². The number of rotatable bonds is 7. The number of carbonyl (C=O) groups excluding carboxylic acids is 2. The van der Waals surface area contributed by atoms with Crippen LogP contribution in [0.1, 0.15) is 18.1 Å². The number of halogens is 2. The van der Waals surface area contributed by atoms with E-state index in [2.05, 4.69) is 50.4 Å². The minimum absolute atomic E-state index is 0.166. The van der Waals surface area contributed by atoms with Gasteiger partial charge in [0.15, 0.2) is 17.9 Å². The van der Waals surface area contributed by atoms with Crippen LogP contribution in [0, 0.1) is 0 Å². The number of methoxy groups -OCH3 is 1. The molecule has 158 valence electrons. The van der Waals surface area contributed by atoms with Crippen molar-refractivity contribution in [3.8, 4) is 5.75 Å². The number of esters is 1. The molecule has 1 saturated heterocycles. The number of benzene rings is 2. The van der Waals surface area contributed by atoms with E-state index in [0.29, 0.717) is 20.2 Å². The number of ether oxygens (including phenoxy) is 2. The van der Waals surface area contributed by atoms with Crippen molar-refractivity contribution in [3.63, 3.8) is 0 Å². The number of carbonyl (C=O) groups is 2. The number of aryl methyl sites for hydroxylation is 1. The van der Waals surface area contributed by atoms with Crippen molar-refractivity contribution in [2.24, 2.45) is 0 Å². The number of amides is 1. The first-order valence-electron chi connectivity index (χ1n) is 9.13. The van der Waals surface area contributed by atoms with E-state index in [4.69, 9.17) is 16.3 Å². The van der Waals surface area contributed by atoms with Gasteiger partial charge in [0.25, 0.3) is 5.91 Å². The third kappa shape index (κ3) is 5.71. The molecule has 2 N–H and O–H groups in total. The lowest BCUT2D eigenvalue weighted by molar-refractivity contribution is -0.142. The molecule has 1 atom stereocenters. The summed E-state index contributed by atoms with van der Waals surface area (Å²) < 4.78 is 10.5. The van der Waals surface area contributed by atoms with Gasteiger partial charge in [-0.05, 0) is 63.8 Å². The zero-order chi connectivity index (χ0) is 21.7. The highest BCUT2D eigenvalue weighted by Crippen LogP contribution is 2.37. The van der Waals surface area contributed by atoms with Crippen molar-refractivity contribution < 1.29 is 19.1 Å². The second kappa shape index (κ2) is 10.2. The number of hydrogen-bond donors (Lipinski definition) is 2. The van der Waals surface area contributed by atoms with Crippen LogP contribution in [0.4, 0.5) is 5.69 Å². The number of nitrogens with one attached hydrogen (secondary N) is 2. The quantitative estimate of drug-likeness (QED) is 0.410. The zero-order valence-corrected chi connectivity index (χ0v) is 19.5. The lowest BCUT2D eigenvalue weighted by Crippen LogP contribution is -2.30. The SMILES string of the molecule is CCc1ccc(NC2NC(=O)/C(=C/c3cc(Cl)c(OCC(=O)OC)c(Br)c3)S2)cc1. The fourth-order valence-electron chi connectivity index (χ4n) is 2.70. The highest BCUT2D eigenvalue weighted by Gasteiger charge is 2.27. The molecule has 1 fully saturated rings. The second-order valence-electron chi connectivity index (χ2n) is 6.35. The average Bonchev–Trinajstić information content (AvgIpc) is 3.06. The Hall–Kier alpha value is -2.16. The average molecular weight is 512 g/mol. The molecule has 0 spiro atoms. The van der Waals surface area contributed by atoms with Gasteiger partial charge in [-0.1, -0.05) is 42.4 Å². The van der Waals surface area contributed by atoms with E-state index < -0.39 is 5.97 Å². The topological polar surface area (TPSA) is 76.7 Å². The van der Waals surface area contributed by atoms with E-state index in [1.54, 1.807) is 18.2 Å². The molecule has 30 heavy (non-hydrogen) atoms. The predicted octanol–water partition coefficient (Wildman–Crippen LogP) is 4.82. The Kier molecular flexibility index (Phi) is 7.69. The second-order valence-corrected chi connectivity index (χ2v) is 8.76. The number of hydrogen-bond acceptors (Lipinski definition) is 6. The highest BCUT2D eigenvalue weighted by molar-refractivity contribution is 9.10. The molecule has 2 aromatic carbocycles. The zero-order valence-electron chi connectivity index (χ0n) is 16.3. The molecule has 0 aliphatic carbocycles. The van der Waals surface area contributed by atoms with E-state index in [1.165, 1.54) is 24.4 Å². The van der Waals surface area contributed by atoms with E-state index in [0.717, 1.165) is 17.7 Å². The van der Waals surface area contributed by atoms with Crippen LogP contribution in [0.3, 0.4) is 0 Å². The van der Waals surface area contributed by atoms with Crippen LogP contribution >= 0.6 is 39.3 Å². The van der Waals surface area contributed by atoms with Gasteiger partial charge in [0.1, 0.15) is 0 Å². The van der Waals surface area contributed by atoms with Gasteiger partial charge in [0, 0.05) is 5.69 Å². The Labute approximate surface area is 192 Å². The minimum atomic E-state index is -0.508. The molecule has 6 nitrogen and oxygen atoms in total. The lowest BCUT2D eigenvalue weighted by atomic mass is 10.1. The molecular formula is C21H20BrClN2O4S. The first kappa shape index (κ1) is 22.5. The Morgan fingerprint density at radius 1 is 1.33 bits per heavy atom. The maximum absolute atomic E-state index is 12.4. The summed E-state index contributed by atoms with van der Waals surface area (Å²) in [6.07, 6.45) is 2.73. The van der Waals surface area contributed by atoms with Gasteiger partial charge in [-0.25, -0.2) is 4.79 Å². The Morgan fingerprint density at radius 3 is 2.70 bits per heavy atom. The number of thioether (sulfide) groups is 1. The Morgan fingerprint density at radius 2 is 2.07 bits per heavy atom. The summed E-state index contributed by atoms with van der Waals surface area (Å²) in [6, 6.07) is 11.6. The van der Waals surface area contributed by atoms with Crippen LogP contribution in [0.2, 0.25) is 5.02 Å². The summed E-state index contributed by atoms with van der Waals surface area (Å²) in [5.74, 6) is -0.338. The molecule has 1 aliphatic rings. The largest absolute Gasteiger partial charge is 0.479 e.